The molecule has 1 N–H and O–H groups in total. The molecule has 0 aliphatic heterocycles. The molecule has 0 spiro atoms. The van der Waals surface area contributed by atoms with E-state index in [4.69, 9.17) is 0 Å². The lowest BCUT2D eigenvalue weighted by atomic mass is 10.3. The molecule has 1 radical (unpaired) electrons. The summed E-state index contributed by atoms with van der Waals surface area (Å²) in [6.07, 6.45) is -4.67. The summed E-state index contributed by atoms with van der Waals surface area (Å²) in [5.41, 5.74) is 3.27. The molecule has 0 fully saturated rings. The van der Waals surface area contributed by atoms with Crippen molar-refractivity contribution >= 4 is 22.8 Å². The van der Waals surface area contributed by atoms with Crippen molar-refractivity contribution in [2.45, 2.75) is 6.36 Å². The van der Waals surface area contributed by atoms with Crippen LogP contribution in [0.3, 0.4) is 0 Å². The zero-order valence-corrected chi connectivity index (χ0v) is 9.10. The molecule has 2 rings (SSSR count). The second-order valence-electron chi connectivity index (χ2n) is 3.02. The largest absolute Gasteiger partial charge is 0.573 e. The van der Waals surface area contributed by atoms with Crippen molar-refractivity contribution in [3.8, 4) is 5.75 Å². The number of alkyl halides is 3. The first-order valence-electron chi connectivity index (χ1n) is 4.47. The van der Waals surface area contributed by atoms with Crippen molar-refractivity contribution in [1.82, 2.24) is 4.98 Å². The molecule has 0 saturated carbocycles. The molecular weight excluding hydrogens is 253 g/mol. The van der Waals surface area contributed by atoms with Crippen LogP contribution < -0.4 is 10.1 Å². The van der Waals surface area contributed by atoms with Crippen molar-refractivity contribution in [3.05, 3.63) is 35.2 Å². The van der Waals surface area contributed by atoms with Gasteiger partial charge in [-0.15, -0.1) is 24.5 Å². The smallest absolute Gasteiger partial charge is 0.406 e. The molecular formula is C10H6F3N2OS. The van der Waals surface area contributed by atoms with Gasteiger partial charge in [0.1, 0.15) is 11.6 Å². The quantitative estimate of drug-likeness (QED) is 0.914. The normalized spacial score (nSPS) is 11.2. The number of anilines is 2. The average molecular weight is 259 g/mol. The standard InChI is InChI=1S/C10H6F3N2OS/c11-10(12,13)16-8-3-1-7(2-4-8)15-9-5-17-6-14-9/h1-5,15H. The number of nitrogens with zero attached hydrogens (tertiary/aromatic N) is 1. The summed E-state index contributed by atoms with van der Waals surface area (Å²) in [6.45, 7) is 0. The number of thiazole rings is 1. The zero-order valence-electron chi connectivity index (χ0n) is 8.28. The molecule has 3 nitrogen and oxygen atoms in total. The van der Waals surface area contributed by atoms with Gasteiger partial charge in [-0.05, 0) is 24.3 Å². The van der Waals surface area contributed by atoms with Gasteiger partial charge < -0.3 is 10.1 Å². The maximum atomic E-state index is 11.9. The maximum absolute atomic E-state index is 11.9. The Morgan fingerprint density at radius 3 is 2.47 bits per heavy atom. The van der Waals surface area contributed by atoms with E-state index in [-0.39, 0.29) is 5.75 Å². The predicted molar refractivity (Wildman–Crippen MR) is 57.4 cm³/mol. The predicted octanol–water partition coefficient (Wildman–Crippen LogP) is 3.59. The highest BCUT2D eigenvalue weighted by atomic mass is 32.1. The van der Waals surface area contributed by atoms with Gasteiger partial charge in [-0.3, -0.25) is 0 Å². The number of hydrogen-bond acceptors (Lipinski definition) is 4. The van der Waals surface area contributed by atoms with Crippen LogP contribution in [-0.4, -0.2) is 11.3 Å². The highest BCUT2D eigenvalue weighted by molar-refractivity contribution is 7.07. The summed E-state index contributed by atoms with van der Waals surface area (Å²) in [6, 6.07) is 5.40. The topological polar surface area (TPSA) is 34.1 Å². The first-order valence-corrected chi connectivity index (χ1v) is 5.35. The Bertz CT molecular complexity index is 467. The van der Waals surface area contributed by atoms with Crippen LogP contribution in [0.25, 0.3) is 0 Å². The molecule has 89 valence electrons. The highest BCUT2D eigenvalue weighted by Crippen LogP contribution is 2.25. The molecule has 0 atom stereocenters. The van der Waals surface area contributed by atoms with Gasteiger partial charge in [-0.25, -0.2) is 4.98 Å². The average Bonchev–Trinajstić information content (AvgIpc) is 2.71. The third-order valence-electron chi connectivity index (χ3n) is 1.75. The number of ether oxygens (including phenoxy) is 1. The Balaban J connectivity index is 2.03. The Labute approximate surface area is 98.9 Å². The van der Waals surface area contributed by atoms with Crippen molar-refractivity contribution in [3.63, 3.8) is 0 Å². The van der Waals surface area contributed by atoms with E-state index < -0.39 is 6.36 Å². The van der Waals surface area contributed by atoms with Crippen LogP contribution >= 0.6 is 11.3 Å². The minimum atomic E-state index is -4.67. The molecule has 17 heavy (non-hydrogen) atoms. The lowest BCUT2D eigenvalue weighted by Crippen LogP contribution is -2.16. The molecule has 1 aromatic heterocycles. The Hall–Kier alpha value is -1.76. The van der Waals surface area contributed by atoms with Crippen LogP contribution in [0.2, 0.25) is 0 Å². The summed E-state index contributed by atoms with van der Waals surface area (Å²) < 4.78 is 39.4. The molecule has 0 saturated heterocycles. The maximum Gasteiger partial charge on any atom is 0.573 e. The number of nitrogens with one attached hydrogen (secondary N) is 1. The number of benzene rings is 1. The third kappa shape index (κ3) is 3.63. The SMILES string of the molecule is FC(F)(F)Oc1ccc(Nc2cs[c]n2)cc1. The fraction of sp³-hybridized carbons (Fsp3) is 0.100. The van der Waals surface area contributed by atoms with E-state index in [9.17, 15) is 13.2 Å². The van der Waals surface area contributed by atoms with Crippen LogP contribution in [0, 0.1) is 5.51 Å². The number of rotatable bonds is 3. The van der Waals surface area contributed by atoms with Gasteiger partial charge in [0.25, 0.3) is 0 Å². The minimum Gasteiger partial charge on any atom is -0.406 e. The van der Waals surface area contributed by atoms with Gasteiger partial charge in [0, 0.05) is 11.1 Å². The van der Waals surface area contributed by atoms with Crippen LogP contribution in [0.15, 0.2) is 29.6 Å². The van der Waals surface area contributed by atoms with E-state index in [1.165, 1.54) is 35.6 Å². The fourth-order valence-electron chi connectivity index (χ4n) is 1.13. The summed E-state index contributed by atoms with van der Waals surface area (Å²) in [5.74, 6) is 0.340. The molecule has 2 aromatic rings. The van der Waals surface area contributed by atoms with Gasteiger partial charge in [-0.2, -0.15) is 0 Å². The molecule has 0 aliphatic carbocycles. The lowest BCUT2D eigenvalue weighted by Gasteiger charge is -2.09. The summed E-state index contributed by atoms with van der Waals surface area (Å²) in [4.78, 5) is 3.86. The van der Waals surface area contributed by atoms with Crippen LogP contribution in [0.5, 0.6) is 5.75 Å². The summed E-state index contributed by atoms with van der Waals surface area (Å²) in [5, 5.41) is 4.64. The van der Waals surface area contributed by atoms with Crippen LogP contribution in [0.4, 0.5) is 24.7 Å². The highest BCUT2D eigenvalue weighted by Gasteiger charge is 2.30. The third-order valence-corrected chi connectivity index (χ3v) is 2.29. The van der Waals surface area contributed by atoms with Crippen LogP contribution in [-0.2, 0) is 0 Å². The van der Waals surface area contributed by atoms with Crippen molar-refractivity contribution in [2.24, 2.45) is 0 Å². The zero-order chi connectivity index (χ0) is 12.3. The Morgan fingerprint density at radius 1 is 1.24 bits per heavy atom. The van der Waals surface area contributed by atoms with Crippen LogP contribution in [0.1, 0.15) is 0 Å². The molecule has 1 heterocycles. The first-order chi connectivity index (χ1) is 8.03. The monoisotopic (exact) mass is 259 g/mol. The molecule has 0 amide bonds. The second kappa shape index (κ2) is 4.62. The second-order valence-corrected chi connectivity index (χ2v) is 3.68. The molecule has 0 bridgehead atoms. The van der Waals surface area contributed by atoms with E-state index in [0.717, 1.165) is 0 Å². The first kappa shape index (κ1) is 11.7. The van der Waals surface area contributed by atoms with E-state index >= 15 is 0 Å². The molecule has 0 unspecified atom stereocenters. The minimum absolute atomic E-state index is 0.257. The van der Waals surface area contributed by atoms with Gasteiger partial charge in [0.2, 0.25) is 0 Å². The Morgan fingerprint density at radius 2 is 1.94 bits per heavy atom. The Kier molecular flexibility index (Phi) is 3.19. The number of halogens is 3. The van der Waals surface area contributed by atoms with Gasteiger partial charge >= 0.3 is 6.36 Å². The fourth-order valence-corrected chi connectivity index (χ4v) is 1.56. The van der Waals surface area contributed by atoms with Gasteiger partial charge in [0.05, 0.1) is 0 Å². The lowest BCUT2D eigenvalue weighted by molar-refractivity contribution is -0.274. The summed E-state index contributed by atoms with van der Waals surface area (Å²) >= 11 is 1.30. The van der Waals surface area contributed by atoms with E-state index in [1.807, 2.05) is 0 Å². The van der Waals surface area contributed by atoms with Gasteiger partial charge in [0.15, 0.2) is 5.51 Å². The van der Waals surface area contributed by atoms with Gasteiger partial charge in [-0.1, -0.05) is 0 Å². The van der Waals surface area contributed by atoms with E-state index in [2.05, 4.69) is 20.5 Å². The molecule has 0 aliphatic rings. The molecule has 1 aromatic carbocycles. The van der Waals surface area contributed by atoms with Crippen molar-refractivity contribution < 1.29 is 17.9 Å². The number of hydrogen-bond donors (Lipinski definition) is 1. The van der Waals surface area contributed by atoms with Crippen molar-refractivity contribution in [1.29, 1.82) is 0 Å². The van der Waals surface area contributed by atoms with E-state index in [0.29, 0.717) is 11.5 Å². The summed E-state index contributed by atoms with van der Waals surface area (Å²) in [7, 11) is 0. The van der Waals surface area contributed by atoms with E-state index in [1.54, 1.807) is 5.38 Å². The molecule has 7 heteroatoms. The van der Waals surface area contributed by atoms with Crippen molar-refractivity contribution in [2.75, 3.05) is 5.32 Å². The number of aromatic nitrogens is 1.